The molecule has 0 spiro atoms. The quantitative estimate of drug-likeness (QED) is 0.767. The lowest BCUT2D eigenvalue weighted by molar-refractivity contribution is 0.0929. The van der Waals surface area contributed by atoms with Crippen molar-refractivity contribution in [2.75, 3.05) is 6.61 Å². The minimum absolute atomic E-state index is 0.0280. The molecule has 4 heteroatoms. The highest BCUT2D eigenvalue weighted by Gasteiger charge is 2.11. The topological polar surface area (TPSA) is 49.3 Å². The molecule has 0 saturated carbocycles. The smallest absolute Gasteiger partial charge is 0.251 e. The molecule has 1 aromatic rings. The first kappa shape index (κ1) is 14.0. The lowest BCUT2D eigenvalue weighted by atomic mass is 10.1. The highest BCUT2D eigenvalue weighted by molar-refractivity contribution is 6.17. The predicted octanol–water partition coefficient (Wildman–Crippen LogP) is 2.32. The highest BCUT2D eigenvalue weighted by atomic mass is 35.5. The van der Waals surface area contributed by atoms with Crippen molar-refractivity contribution in [1.29, 1.82) is 0 Å². The maximum Gasteiger partial charge on any atom is 0.251 e. The largest absolute Gasteiger partial charge is 0.396 e. The molecule has 1 unspecified atom stereocenters. The molecule has 94 valence electrons. The molecular weight excluding hydrogens is 238 g/mol. The first-order valence-corrected chi connectivity index (χ1v) is 6.31. The van der Waals surface area contributed by atoms with E-state index in [0.717, 1.165) is 12.0 Å². The van der Waals surface area contributed by atoms with E-state index in [1.165, 1.54) is 0 Å². The van der Waals surface area contributed by atoms with Crippen molar-refractivity contribution in [3.8, 4) is 0 Å². The molecule has 0 radical (unpaired) electrons. The van der Waals surface area contributed by atoms with Crippen LogP contribution in [-0.2, 0) is 5.88 Å². The van der Waals surface area contributed by atoms with Gasteiger partial charge in [0.05, 0.1) is 0 Å². The van der Waals surface area contributed by atoms with Crippen LogP contribution in [-0.4, -0.2) is 23.7 Å². The standard InChI is InChI=1S/C13H18ClNO2/c1-2-12(7-8-16)15-13(17)11-5-3-10(9-14)4-6-11/h3-6,12,16H,2,7-9H2,1H3,(H,15,17). The number of aliphatic hydroxyl groups excluding tert-OH is 1. The van der Waals surface area contributed by atoms with Crippen LogP contribution in [0, 0.1) is 0 Å². The van der Waals surface area contributed by atoms with Crippen molar-refractivity contribution in [3.05, 3.63) is 35.4 Å². The summed E-state index contributed by atoms with van der Waals surface area (Å²) in [7, 11) is 0. The van der Waals surface area contributed by atoms with Gasteiger partial charge in [0.2, 0.25) is 0 Å². The summed E-state index contributed by atoms with van der Waals surface area (Å²) in [6.45, 7) is 2.07. The molecule has 0 fully saturated rings. The number of hydrogen-bond acceptors (Lipinski definition) is 2. The molecule has 0 heterocycles. The second-order valence-electron chi connectivity index (χ2n) is 3.92. The van der Waals surface area contributed by atoms with Crippen molar-refractivity contribution in [3.63, 3.8) is 0 Å². The van der Waals surface area contributed by atoms with E-state index in [1.54, 1.807) is 12.1 Å². The molecule has 17 heavy (non-hydrogen) atoms. The number of carbonyl (C=O) groups excluding carboxylic acids is 1. The minimum Gasteiger partial charge on any atom is -0.396 e. The van der Waals surface area contributed by atoms with Crippen LogP contribution in [0.3, 0.4) is 0 Å². The van der Waals surface area contributed by atoms with E-state index in [2.05, 4.69) is 5.32 Å². The predicted molar refractivity (Wildman–Crippen MR) is 69.2 cm³/mol. The summed E-state index contributed by atoms with van der Waals surface area (Å²) < 4.78 is 0. The normalized spacial score (nSPS) is 12.2. The maximum atomic E-state index is 11.9. The first-order chi connectivity index (χ1) is 8.21. The van der Waals surface area contributed by atoms with Crippen LogP contribution in [0.25, 0.3) is 0 Å². The van der Waals surface area contributed by atoms with Gasteiger partial charge in [-0.25, -0.2) is 0 Å². The third kappa shape index (κ3) is 4.36. The zero-order valence-electron chi connectivity index (χ0n) is 9.95. The van der Waals surface area contributed by atoms with Crippen molar-refractivity contribution < 1.29 is 9.90 Å². The average molecular weight is 256 g/mol. The third-order valence-corrected chi connectivity index (χ3v) is 2.98. The van der Waals surface area contributed by atoms with Gasteiger partial charge in [-0.1, -0.05) is 19.1 Å². The fraction of sp³-hybridized carbons (Fsp3) is 0.462. The Hall–Kier alpha value is -1.06. The number of alkyl halides is 1. The molecule has 0 aliphatic rings. The summed E-state index contributed by atoms with van der Waals surface area (Å²) in [5.74, 6) is 0.343. The molecule has 0 bridgehead atoms. The van der Waals surface area contributed by atoms with Gasteiger partial charge >= 0.3 is 0 Å². The van der Waals surface area contributed by atoms with Crippen LogP contribution in [0.1, 0.15) is 35.7 Å². The monoisotopic (exact) mass is 255 g/mol. The Morgan fingerprint density at radius 2 is 2.06 bits per heavy atom. The number of nitrogens with one attached hydrogen (secondary N) is 1. The molecule has 2 N–H and O–H groups in total. The van der Waals surface area contributed by atoms with E-state index in [4.69, 9.17) is 16.7 Å². The van der Waals surface area contributed by atoms with Crippen molar-refractivity contribution in [1.82, 2.24) is 5.32 Å². The number of rotatable bonds is 6. The lowest BCUT2D eigenvalue weighted by Crippen LogP contribution is -2.35. The zero-order chi connectivity index (χ0) is 12.7. The number of amides is 1. The molecular formula is C13H18ClNO2. The molecule has 1 atom stereocenters. The number of benzene rings is 1. The number of carbonyl (C=O) groups is 1. The van der Waals surface area contributed by atoms with E-state index in [1.807, 2.05) is 19.1 Å². The molecule has 1 rings (SSSR count). The Morgan fingerprint density at radius 1 is 1.41 bits per heavy atom. The lowest BCUT2D eigenvalue weighted by Gasteiger charge is -2.15. The number of hydrogen-bond donors (Lipinski definition) is 2. The molecule has 3 nitrogen and oxygen atoms in total. The van der Waals surface area contributed by atoms with Crippen LogP contribution in [0.5, 0.6) is 0 Å². The average Bonchev–Trinajstić information content (AvgIpc) is 2.38. The van der Waals surface area contributed by atoms with Crippen LogP contribution in [0.15, 0.2) is 24.3 Å². The fourth-order valence-electron chi connectivity index (χ4n) is 1.55. The summed E-state index contributed by atoms with van der Waals surface area (Å²) in [5, 5.41) is 11.7. The van der Waals surface area contributed by atoms with E-state index in [-0.39, 0.29) is 18.6 Å². The Morgan fingerprint density at radius 3 is 2.53 bits per heavy atom. The molecule has 0 aliphatic heterocycles. The number of aliphatic hydroxyl groups is 1. The zero-order valence-corrected chi connectivity index (χ0v) is 10.7. The first-order valence-electron chi connectivity index (χ1n) is 5.77. The van der Waals surface area contributed by atoms with Gasteiger partial charge in [-0.15, -0.1) is 11.6 Å². The molecule has 1 amide bonds. The van der Waals surface area contributed by atoms with Crippen LogP contribution >= 0.6 is 11.6 Å². The minimum atomic E-state index is -0.105. The second-order valence-corrected chi connectivity index (χ2v) is 4.19. The number of halogens is 1. The highest BCUT2D eigenvalue weighted by Crippen LogP contribution is 2.08. The van der Waals surface area contributed by atoms with Crippen LogP contribution in [0.4, 0.5) is 0 Å². The molecule has 1 aromatic carbocycles. The van der Waals surface area contributed by atoms with Gasteiger partial charge in [0.25, 0.3) is 5.91 Å². The van der Waals surface area contributed by atoms with Crippen molar-refractivity contribution >= 4 is 17.5 Å². The summed E-state index contributed by atoms with van der Waals surface area (Å²) in [4.78, 5) is 11.9. The maximum absolute atomic E-state index is 11.9. The Balaban J connectivity index is 2.62. The van der Waals surface area contributed by atoms with Gasteiger partial charge in [0.1, 0.15) is 0 Å². The summed E-state index contributed by atoms with van der Waals surface area (Å²) >= 11 is 5.68. The van der Waals surface area contributed by atoms with Gasteiger partial charge in [-0.05, 0) is 30.5 Å². The van der Waals surface area contributed by atoms with E-state index in [9.17, 15) is 4.79 Å². The van der Waals surface area contributed by atoms with E-state index >= 15 is 0 Å². The van der Waals surface area contributed by atoms with Gasteiger partial charge in [-0.3, -0.25) is 4.79 Å². The van der Waals surface area contributed by atoms with E-state index in [0.29, 0.717) is 17.9 Å². The Kier molecular flexibility index (Phi) is 6.01. The molecule has 0 aromatic heterocycles. The second kappa shape index (κ2) is 7.30. The summed E-state index contributed by atoms with van der Waals surface area (Å²) in [6, 6.07) is 7.24. The van der Waals surface area contributed by atoms with Gasteiger partial charge < -0.3 is 10.4 Å². The molecule has 0 aliphatic carbocycles. The SMILES string of the molecule is CCC(CCO)NC(=O)c1ccc(CCl)cc1. The summed E-state index contributed by atoms with van der Waals surface area (Å²) in [6.07, 6.45) is 1.40. The van der Waals surface area contributed by atoms with Crippen molar-refractivity contribution in [2.24, 2.45) is 0 Å². The van der Waals surface area contributed by atoms with Gasteiger partial charge in [-0.2, -0.15) is 0 Å². The summed E-state index contributed by atoms with van der Waals surface area (Å²) in [5.41, 5.74) is 1.61. The van der Waals surface area contributed by atoms with Gasteiger partial charge in [0.15, 0.2) is 0 Å². The van der Waals surface area contributed by atoms with Gasteiger partial charge in [0, 0.05) is 24.1 Å². The van der Waals surface area contributed by atoms with Crippen LogP contribution in [0.2, 0.25) is 0 Å². The Bertz CT molecular complexity index is 351. The fourth-order valence-corrected chi connectivity index (χ4v) is 1.73. The molecule has 0 saturated heterocycles. The van der Waals surface area contributed by atoms with Crippen LogP contribution < -0.4 is 5.32 Å². The third-order valence-electron chi connectivity index (χ3n) is 2.68. The van der Waals surface area contributed by atoms with Crippen molar-refractivity contribution in [2.45, 2.75) is 31.7 Å². The Labute approximate surface area is 107 Å². The van der Waals surface area contributed by atoms with E-state index < -0.39 is 0 Å².